The first-order valence-electron chi connectivity index (χ1n) is 11.6. The molecule has 1 aliphatic carbocycles. The van der Waals surface area contributed by atoms with Gasteiger partial charge in [0.15, 0.2) is 0 Å². The Hall–Kier alpha value is -2.65. The highest BCUT2D eigenvalue weighted by Crippen LogP contribution is 2.22. The summed E-state index contributed by atoms with van der Waals surface area (Å²) in [6.45, 7) is 1.14. The van der Waals surface area contributed by atoms with Gasteiger partial charge in [-0.15, -0.1) is 0 Å². The molecule has 0 aromatic heterocycles. The van der Waals surface area contributed by atoms with E-state index in [1.165, 1.54) is 53.4 Å². The van der Waals surface area contributed by atoms with Gasteiger partial charge in [-0.1, -0.05) is 43.0 Å². The van der Waals surface area contributed by atoms with Crippen LogP contribution >= 0.6 is 11.6 Å². The number of rotatable bonds is 9. The second-order valence-corrected chi connectivity index (χ2v) is 11.3. The molecule has 1 aliphatic rings. The summed E-state index contributed by atoms with van der Waals surface area (Å²) in [5.74, 6) is -1.27. The highest BCUT2D eigenvalue weighted by atomic mass is 35.5. The van der Waals surface area contributed by atoms with E-state index in [2.05, 4.69) is 5.32 Å². The van der Waals surface area contributed by atoms with E-state index < -0.39 is 34.3 Å². The van der Waals surface area contributed by atoms with Crippen LogP contribution in [0.3, 0.4) is 0 Å². The summed E-state index contributed by atoms with van der Waals surface area (Å²) < 4.78 is 39.5. The Balaban J connectivity index is 1.85. The zero-order valence-electron chi connectivity index (χ0n) is 19.9. The lowest BCUT2D eigenvalue weighted by atomic mass is 9.95. The Morgan fingerprint density at radius 1 is 1.06 bits per heavy atom. The zero-order valence-corrected chi connectivity index (χ0v) is 21.5. The van der Waals surface area contributed by atoms with Gasteiger partial charge in [-0.2, -0.15) is 0 Å². The largest absolute Gasteiger partial charge is 0.352 e. The maximum Gasteiger partial charge on any atom is 0.244 e. The number of anilines is 1. The van der Waals surface area contributed by atoms with Crippen LogP contribution in [-0.4, -0.2) is 50.0 Å². The average Bonchev–Trinajstić information content (AvgIpc) is 2.82. The SMILES string of the molecule is CC(C(=O)NC1CCCCC1)N(Cc1ccc(F)cc1)C(=O)CN(c1ccc(Cl)cc1)S(C)(=O)=O. The normalized spacial score (nSPS) is 15.3. The molecule has 35 heavy (non-hydrogen) atoms. The first-order chi connectivity index (χ1) is 16.5. The molecule has 1 N–H and O–H groups in total. The molecule has 0 bridgehead atoms. The summed E-state index contributed by atoms with van der Waals surface area (Å²) in [7, 11) is -3.81. The Morgan fingerprint density at radius 3 is 2.23 bits per heavy atom. The van der Waals surface area contributed by atoms with Crippen LogP contribution in [0.5, 0.6) is 0 Å². The van der Waals surface area contributed by atoms with Crippen LogP contribution in [0, 0.1) is 5.82 Å². The van der Waals surface area contributed by atoms with Gasteiger partial charge in [0.2, 0.25) is 21.8 Å². The maximum absolute atomic E-state index is 13.5. The van der Waals surface area contributed by atoms with Crippen molar-refractivity contribution < 1.29 is 22.4 Å². The molecule has 1 atom stereocenters. The van der Waals surface area contributed by atoms with Gasteiger partial charge in [0.25, 0.3) is 0 Å². The van der Waals surface area contributed by atoms with Crippen LogP contribution in [0.4, 0.5) is 10.1 Å². The monoisotopic (exact) mass is 523 g/mol. The Labute approximate surface area is 211 Å². The van der Waals surface area contributed by atoms with Crippen molar-refractivity contribution in [1.82, 2.24) is 10.2 Å². The molecule has 0 saturated heterocycles. The molecule has 0 heterocycles. The minimum Gasteiger partial charge on any atom is -0.352 e. The van der Waals surface area contributed by atoms with Crippen molar-refractivity contribution in [3.63, 3.8) is 0 Å². The summed E-state index contributed by atoms with van der Waals surface area (Å²) in [6, 6.07) is 10.9. The molecule has 2 aromatic carbocycles. The molecular formula is C25H31ClFN3O4S. The van der Waals surface area contributed by atoms with E-state index in [0.29, 0.717) is 10.6 Å². The van der Waals surface area contributed by atoms with E-state index in [9.17, 15) is 22.4 Å². The first kappa shape index (κ1) is 26.9. The lowest BCUT2D eigenvalue weighted by Crippen LogP contribution is -2.52. The van der Waals surface area contributed by atoms with E-state index in [4.69, 9.17) is 11.6 Å². The lowest BCUT2D eigenvalue weighted by molar-refractivity contribution is -0.139. The predicted octanol–water partition coefficient (Wildman–Crippen LogP) is 4.11. The van der Waals surface area contributed by atoms with Crippen molar-refractivity contribution in [2.75, 3.05) is 17.1 Å². The van der Waals surface area contributed by atoms with Gasteiger partial charge in [-0.25, -0.2) is 12.8 Å². The number of amides is 2. The molecule has 0 aliphatic heterocycles. The highest BCUT2D eigenvalue weighted by Gasteiger charge is 2.31. The number of nitrogens with one attached hydrogen (secondary N) is 1. The van der Waals surface area contributed by atoms with Crippen LogP contribution in [0.1, 0.15) is 44.6 Å². The Kier molecular flexibility index (Phi) is 9.13. The zero-order chi connectivity index (χ0) is 25.6. The molecule has 1 saturated carbocycles. The van der Waals surface area contributed by atoms with Gasteiger partial charge < -0.3 is 10.2 Å². The quantitative estimate of drug-likeness (QED) is 0.536. The van der Waals surface area contributed by atoms with Gasteiger partial charge in [-0.05, 0) is 61.7 Å². The van der Waals surface area contributed by atoms with Gasteiger partial charge in [0.05, 0.1) is 11.9 Å². The molecular weight excluding hydrogens is 493 g/mol. The smallest absolute Gasteiger partial charge is 0.244 e. The van der Waals surface area contributed by atoms with Crippen LogP contribution in [0.15, 0.2) is 48.5 Å². The highest BCUT2D eigenvalue weighted by molar-refractivity contribution is 7.92. The van der Waals surface area contributed by atoms with Gasteiger partial charge in [0, 0.05) is 17.6 Å². The van der Waals surface area contributed by atoms with E-state index in [0.717, 1.165) is 42.7 Å². The molecule has 0 spiro atoms. The molecule has 2 amide bonds. The summed E-state index contributed by atoms with van der Waals surface area (Å²) in [4.78, 5) is 27.9. The van der Waals surface area contributed by atoms with Crippen molar-refractivity contribution in [3.8, 4) is 0 Å². The molecule has 1 fully saturated rings. The fraction of sp³-hybridized carbons (Fsp3) is 0.440. The number of hydrogen-bond acceptors (Lipinski definition) is 4. The minimum absolute atomic E-state index is 0.0244. The van der Waals surface area contributed by atoms with E-state index in [1.807, 2.05) is 0 Å². The van der Waals surface area contributed by atoms with E-state index in [1.54, 1.807) is 6.92 Å². The van der Waals surface area contributed by atoms with Crippen LogP contribution in [0.2, 0.25) is 5.02 Å². The fourth-order valence-electron chi connectivity index (χ4n) is 4.16. The Bertz CT molecular complexity index is 1120. The van der Waals surface area contributed by atoms with Crippen molar-refractivity contribution in [2.45, 2.75) is 57.7 Å². The van der Waals surface area contributed by atoms with E-state index in [-0.39, 0.29) is 24.2 Å². The third-order valence-electron chi connectivity index (χ3n) is 6.18. The summed E-state index contributed by atoms with van der Waals surface area (Å²) in [6.07, 6.45) is 6.02. The van der Waals surface area contributed by atoms with Gasteiger partial charge >= 0.3 is 0 Å². The average molecular weight is 524 g/mol. The van der Waals surface area contributed by atoms with Crippen LogP contribution < -0.4 is 9.62 Å². The maximum atomic E-state index is 13.5. The number of benzene rings is 2. The number of hydrogen-bond donors (Lipinski definition) is 1. The van der Waals surface area contributed by atoms with Crippen molar-refractivity contribution in [1.29, 1.82) is 0 Å². The van der Waals surface area contributed by atoms with Crippen molar-refractivity contribution >= 4 is 39.1 Å². The number of halogens is 2. The molecule has 1 unspecified atom stereocenters. The number of carbonyl (C=O) groups is 2. The Morgan fingerprint density at radius 2 is 1.66 bits per heavy atom. The lowest BCUT2D eigenvalue weighted by Gasteiger charge is -2.33. The summed E-state index contributed by atoms with van der Waals surface area (Å²) in [5, 5.41) is 3.46. The standard InChI is InChI=1S/C25H31ClFN3O4S/c1-18(25(32)28-22-6-4-3-5-7-22)29(16-19-8-12-21(27)13-9-19)24(31)17-30(35(2,33)34)23-14-10-20(26)11-15-23/h8-15,18,22H,3-7,16-17H2,1-2H3,(H,28,32). The van der Waals surface area contributed by atoms with Crippen molar-refractivity contribution in [3.05, 3.63) is 64.9 Å². The molecule has 10 heteroatoms. The third-order valence-corrected chi connectivity index (χ3v) is 7.57. The molecule has 7 nitrogen and oxygen atoms in total. The number of nitrogens with zero attached hydrogens (tertiary/aromatic N) is 2. The van der Waals surface area contributed by atoms with Crippen LogP contribution in [-0.2, 0) is 26.2 Å². The minimum atomic E-state index is -3.81. The second-order valence-electron chi connectivity index (χ2n) is 8.91. The van der Waals surface area contributed by atoms with Crippen LogP contribution in [0.25, 0.3) is 0 Å². The summed E-state index contributed by atoms with van der Waals surface area (Å²) in [5.41, 5.74) is 0.903. The fourth-order valence-corrected chi connectivity index (χ4v) is 5.13. The number of sulfonamides is 1. The molecule has 0 radical (unpaired) electrons. The second kappa shape index (κ2) is 11.9. The van der Waals surface area contributed by atoms with E-state index >= 15 is 0 Å². The van der Waals surface area contributed by atoms with Gasteiger partial charge in [-0.3, -0.25) is 13.9 Å². The third kappa shape index (κ3) is 7.67. The number of carbonyl (C=O) groups excluding carboxylic acids is 2. The molecule has 3 rings (SSSR count). The topological polar surface area (TPSA) is 86.8 Å². The predicted molar refractivity (Wildman–Crippen MR) is 135 cm³/mol. The molecule has 190 valence electrons. The summed E-state index contributed by atoms with van der Waals surface area (Å²) >= 11 is 5.93. The first-order valence-corrected chi connectivity index (χ1v) is 13.8. The molecule has 2 aromatic rings. The van der Waals surface area contributed by atoms with Gasteiger partial charge in [0.1, 0.15) is 18.4 Å². The van der Waals surface area contributed by atoms with Crippen molar-refractivity contribution in [2.24, 2.45) is 0 Å².